The molecule has 0 radical (unpaired) electrons. The molecule has 84 valence electrons. The van der Waals surface area contributed by atoms with Gasteiger partial charge in [-0.15, -0.1) is 11.3 Å². The molecule has 1 fully saturated rings. The Morgan fingerprint density at radius 1 is 1.60 bits per heavy atom. The zero-order chi connectivity index (χ0) is 10.5. The van der Waals surface area contributed by atoms with E-state index in [4.69, 9.17) is 10.5 Å². The Morgan fingerprint density at radius 3 is 3.27 bits per heavy atom. The molecule has 0 aromatic carbocycles. The van der Waals surface area contributed by atoms with Gasteiger partial charge < -0.3 is 10.5 Å². The molecule has 1 aromatic heterocycles. The summed E-state index contributed by atoms with van der Waals surface area (Å²) in [5.74, 6) is 0. The topological polar surface area (TPSA) is 38.5 Å². The summed E-state index contributed by atoms with van der Waals surface area (Å²) < 4.78 is 5.55. The minimum absolute atomic E-state index is 0.449. The lowest BCUT2D eigenvalue weighted by Crippen LogP contribution is -2.40. The standard InChI is InChI=1S/C11H18N2OS/c12-4-2-5-13-6-7-14-9-10(13)11-3-1-8-15-11/h1,3,8,10H,2,4-7,9,12H2. The van der Waals surface area contributed by atoms with Crippen LogP contribution in [0.3, 0.4) is 0 Å². The molecular formula is C11H18N2OS. The van der Waals surface area contributed by atoms with Gasteiger partial charge in [-0.25, -0.2) is 0 Å². The zero-order valence-electron chi connectivity index (χ0n) is 8.89. The summed E-state index contributed by atoms with van der Waals surface area (Å²) in [5.41, 5.74) is 5.55. The monoisotopic (exact) mass is 226 g/mol. The second-order valence-corrected chi connectivity index (χ2v) is 4.76. The first-order valence-electron chi connectivity index (χ1n) is 5.47. The summed E-state index contributed by atoms with van der Waals surface area (Å²) in [7, 11) is 0. The molecule has 1 aliphatic rings. The highest BCUT2D eigenvalue weighted by Gasteiger charge is 2.24. The molecule has 0 spiro atoms. The van der Waals surface area contributed by atoms with Gasteiger partial charge in [0.05, 0.1) is 19.3 Å². The molecule has 0 bridgehead atoms. The van der Waals surface area contributed by atoms with Crippen molar-refractivity contribution >= 4 is 11.3 Å². The molecule has 0 amide bonds. The van der Waals surface area contributed by atoms with E-state index >= 15 is 0 Å². The van der Waals surface area contributed by atoms with E-state index in [1.807, 2.05) is 11.3 Å². The SMILES string of the molecule is NCCCN1CCOCC1c1cccs1. The third-order valence-corrected chi connectivity index (χ3v) is 3.73. The Bertz CT molecular complexity index is 276. The molecule has 4 heteroatoms. The number of hydrogen-bond acceptors (Lipinski definition) is 4. The molecule has 2 N–H and O–H groups in total. The van der Waals surface area contributed by atoms with Gasteiger partial charge in [0.2, 0.25) is 0 Å². The fourth-order valence-electron chi connectivity index (χ4n) is 1.94. The predicted octanol–water partition coefficient (Wildman–Crippen LogP) is 1.47. The van der Waals surface area contributed by atoms with Crippen LogP contribution in [0.2, 0.25) is 0 Å². The maximum atomic E-state index is 5.55. The first kappa shape index (κ1) is 11.1. The number of rotatable bonds is 4. The average Bonchev–Trinajstić information content (AvgIpc) is 2.80. The Hall–Kier alpha value is -0.420. The minimum Gasteiger partial charge on any atom is -0.378 e. The average molecular weight is 226 g/mol. The molecular weight excluding hydrogens is 208 g/mol. The van der Waals surface area contributed by atoms with E-state index in [2.05, 4.69) is 22.4 Å². The van der Waals surface area contributed by atoms with Crippen molar-refractivity contribution in [3.63, 3.8) is 0 Å². The van der Waals surface area contributed by atoms with Crippen molar-refractivity contribution in [2.45, 2.75) is 12.5 Å². The van der Waals surface area contributed by atoms with Crippen LogP contribution < -0.4 is 5.73 Å². The van der Waals surface area contributed by atoms with E-state index in [9.17, 15) is 0 Å². The maximum absolute atomic E-state index is 5.55. The molecule has 1 saturated heterocycles. The Labute approximate surface area is 94.8 Å². The lowest BCUT2D eigenvalue weighted by Gasteiger charge is -2.34. The van der Waals surface area contributed by atoms with Gasteiger partial charge in [-0.05, 0) is 24.4 Å². The number of nitrogens with zero attached hydrogens (tertiary/aromatic N) is 1. The Morgan fingerprint density at radius 2 is 2.53 bits per heavy atom. The first-order chi connectivity index (χ1) is 7.42. The van der Waals surface area contributed by atoms with E-state index in [0.29, 0.717) is 6.04 Å². The number of nitrogens with two attached hydrogens (primary N) is 1. The zero-order valence-corrected chi connectivity index (χ0v) is 9.71. The van der Waals surface area contributed by atoms with Crippen LogP contribution in [0, 0.1) is 0 Å². The maximum Gasteiger partial charge on any atom is 0.0678 e. The summed E-state index contributed by atoms with van der Waals surface area (Å²) in [6, 6.07) is 4.75. The highest BCUT2D eigenvalue weighted by Crippen LogP contribution is 2.27. The number of morpholine rings is 1. The molecule has 0 saturated carbocycles. The molecule has 1 unspecified atom stereocenters. The van der Waals surface area contributed by atoms with Crippen molar-refractivity contribution in [3.8, 4) is 0 Å². The Kier molecular flexibility index (Phi) is 4.14. The van der Waals surface area contributed by atoms with Gasteiger partial charge in [-0.3, -0.25) is 4.90 Å². The molecule has 2 rings (SSSR count). The summed E-state index contributed by atoms with van der Waals surface area (Å²) in [4.78, 5) is 3.90. The van der Waals surface area contributed by atoms with Gasteiger partial charge in [-0.2, -0.15) is 0 Å². The van der Waals surface area contributed by atoms with Gasteiger partial charge in [0, 0.05) is 18.0 Å². The minimum atomic E-state index is 0.449. The number of ether oxygens (including phenoxy) is 1. The summed E-state index contributed by atoms with van der Waals surface area (Å²) in [6.45, 7) is 4.57. The third-order valence-electron chi connectivity index (χ3n) is 2.76. The highest BCUT2D eigenvalue weighted by molar-refractivity contribution is 7.10. The van der Waals surface area contributed by atoms with Gasteiger partial charge in [0.15, 0.2) is 0 Å². The number of hydrogen-bond donors (Lipinski definition) is 1. The van der Waals surface area contributed by atoms with Crippen LogP contribution in [0.25, 0.3) is 0 Å². The van der Waals surface area contributed by atoms with Crippen molar-refractivity contribution in [1.82, 2.24) is 4.90 Å². The van der Waals surface area contributed by atoms with Gasteiger partial charge in [0.1, 0.15) is 0 Å². The second-order valence-electron chi connectivity index (χ2n) is 3.78. The largest absolute Gasteiger partial charge is 0.378 e. The van der Waals surface area contributed by atoms with Gasteiger partial charge in [-0.1, -0.05) is 6.07 Å². The van der Waals surface area contributed by atoms with Crippen LogP contribution in [0.15, 0.2) is 17.5 Å². The quantitative estimate of drug-likeness (QED) is 0.845. The van der Waals surface area contributed by atoms with Crippen LogP contribution in [0.5, 0.6) is 0 Å². The molecule has 0 aliphatic carbocycles. The van der Waals surface area contributed by atoms with Crippen LogP contribution in [0.1, 0.15) is 17.3 Å². The van der Waals surface area contributed by atoms with Crippen molar-refractivity contribution in [2.24, 2.45) is 5.73 Å². The normalized spacial score (nSPS) is 23.1. The fraction of sp³-hybridized carbons (Fsp3) is 0.636. The molecule has 15 heavy (non-hydrogen) atoms. The van der Waals surface area contributed by atoms with E-state index in [0.717, 1.165) is 39.3 Å². The number of thiophene rings is 1. The molecule has 3 nitrogen and oxygen atoms in total. The first-order valence-corrected chi connectivity index (χ1v) is 6.35. The third kappa shape index (κ3) is 2.78. The highest BCUT2D eigenvalue weighted by atomic mass is 32.1. The summed E-state index contributed by atoms with van der Waals surface area (Å²) in [5, 5.41) is 2.13. The van der Waals surface area contributed by atoms with E-state index in [-0.39, 0.29) is 0 Å². The van der Waals surface area contributed by atoms with Gasteiger partial charge in [0.25, 0.3) is 0 Å². The molecule has 1 atom stereocenters. The van der Waals surface area contributed by atoms with Crippen molar-refractivity contribution in [2.75, 3.05) is 32.8 Å². The van der Waals surface area contributed by atoms with E-state index in [1.54, 1.807) is 0 Å². The van der Waals surface area contributed by atoms with E-state index in [1.165, 1.54) is 4.88 Å². The lowest BCUT2D eigenvalue weighted by atomic mass is 10.2. The van der Waals surface area contributed by atoms with E-state index < -0.39 is 0 Å². The Balaban J connectivity index is 1.99. The summed E-state index contributed by atoms with van der Waals surface area (Å²) >= 11 is 1.81. The molecule has 2 heterocycles. The van der Waals surface area contributed by atoms with Gasteiger partial charge >= 0.3 is 0 Å². The summed E-state index contributed by atoms with van der Waals surface area (Å²) in [6.07, 6.45) is 1.07. The van der Waals surface area contributed by atoms with Crippen LogP contribution in [-0.2, 0) is 4.74 Å². The predicted molar refractivity (Wildman–Crippen MR) is 63.1 cm³/mol. The van der Waals surface area contributed by atoms with Crippen molar-refractivity contribution in [3.05, 3.63) is 22.4 Å². The van der Waals surface area contributed by atoms with Crippen LogP contribution in [0.4, 0.5) is 0 Å². The van der Waals surface area contributed by atoms with Crippen LogP contribution >= 0.6 is 11.3 Å². The fourth-order valence-corrected chi connectivity index (χ4v) is 2.79. The lowest BCUT2D eigenvalue weighted by molar-refractivity contribution is -0.00725. The molecule has 1 aliphatic heterocycles. The smallest absolute Gasteiger partial charge is 0.0678 e. The van der Waals surface area contributed by atoms with Crippen molar-refractivity contribution < 1.29 is 4.74 Å². The van der Waals surface area contributed by atoms with Crippen molar-refractivity contribution in [1.29, 1.82) is 0 Å². The second kappa shape index (κ2) is 5.61. The van der Waals surface area contributed by atoms with Crippen LogP contribution in [-0.4, -0.2) is 37.7 Å². The molecule has 1 aromatic rings.